The lowest BCUT2D eigenvalue weighted by Crippen LogP contribution is -2.16. The maximum Gasteiger partial charge on any atom is 0.0809 e. The third kappa shape index (κ3) is 2.85. The van der Waals surface area contributed by atoms with Gasteiger partial charge in [0.15, 0.2) is 0 Å². The largest absolute Gasteiger partial charge is 0.313 e. The molecule has 1 atom stereocenters. The molecular formula is C14H16N2S. The van der Waals surface area contributed by atoms with Crippen molar-refractivity contribution < 1.29 is 0 Å². The first kappa shape index (κ1) is 12.1. The minimum absolute atomic E-state index is 0.342. The fourth-order valence-electron chi connectivity index (χ4n) is 1.87. The van der Waals surface area contributed by atoms with Gasteiger partial charge < -0.3 is 5.32 Å². The highest BCUT2D eigenvalue weighted by molar-refractivity contribution is 7.17. The first-order valence-electron chi connectivity index (χ1n) is 5.75. The van der Waals surface area contributed by atoms with Crippen molar-refractivity contribution in [3.8, 4) is 11.8 Å². The Morgan fingerprint density at radius 1 is 1.53 bits per heavy atom. The summed E-state index contributed by atoms with van der Waals surface area (Å²) in [6, 6.07) is 4.63. The van der Waals surface area contributed by atoms with Crippen LogP contribution < -0.4 is 5.32 Å². The lowest BCUT2D eigenvalue weighted by atomic mass is 10.0. The highest BCUT2D eigenvalue weighted by Gasteiger charge is 2.09. The normalized spacial score (nSPS) is 12.1. The second kappa shape index (κ2) is 5.81. The van der Waals surface area contributed by atoms with E-state index in [1.807, 2.05) is 20.2 Å². The molecule has 0 spiro atoms. The van der Waals surface area contributed by atoms with Crippen LogP contribution in [0, 0.1) is 11.8 Å². The number of hydrogen-bond acceptors (Lipinski definition) is 3. The summed E-state index contributed by atoms with van der Waals surface area (Å²) in [4.78, 5) is 4.47. The highest BCUT2D eigenvalue weighted by Crippen LogP contribution is 2.24. The molecule has 3 heteroatoms. The summed E-state index contributed by atoms with van der Waals surface area (Å²) in [6.07, 6.45) is 3.91. The van der Waals surface area contributed by atoms with Crippen LogP contribution in [0.3, 0.4) is 0 Å². The van der Waals surface area contributed by atoms with Crippen molar-refractivity contribution in [2.75, 3.05) is 7.05 Å². The van der Waals surface area contributed by atoms with Crippen molar-refractivity contribution in [1.29, 1.82) is 0 Å². The summed E-state index contributed by atoms with van der Waals surface area (Å²) in [5.74, 6) is 6.04. The van der Waals surface area contributed by atoms with E-state index in [2.05, 4.69) is 39.7 Å². The molecule has 2 nitrogen and oxygen atoms in total. The molecule has 0 radical (unpaired) electrons. The van der Waals surface area contributed by atoms with Gasteiger partial charge in [-0.05, 0) is 43.5 Å². The molecule has 0 fully saturated rings. The molecule has 2 heterocycles. The molecule has 88 valence electrons. The minimum Gasteiger partial charge on any atom is -0.313 e. The molecule has 0 aliphatic carbocycles. The summed E-state index contributed by atoms with van der Waals surface area (Å²) < 4.78 is 1.25. The van der Waals surface area contributed by atoms with Crippen LogP contribution in [-0.4, -0.2) is 12.0 Å². The molecule has 0 aliphatic rings. The molecule has 0 amide bonds. The minimum atomic E-state index is 0.342. The summed E-state index contributed by atoms with van der Waals surface area (Å²) in [7, 11) is 1.99. The van der Waals surface area contributed by atoms with Crippen LogP contribution in [0.5, 0.6) is 0 Å². The monoisotopic (exact) mass is 244 g/mol. The molecular weight excluding hydrogens is 228 g/mol. The second-order valence-electron chi connectivity index (χ2n) is 3.88. The van der Waals surface area contributed by atoms with E-state index in [-0.39, 0.29) is 0 Å². The molecule has 2 rings (SSSR count). The predicted molar refractivity (Wildman–Crippen MR) is 74.1 cm³/mol. The van der Waals surface area contributed by atoms with Gasteiger partial charge in [-0.2, -0.15) is 0 Å². The van der Waals surface area contributed by atoms with Crippen LogP contribution in [0.15, 0.2) is 23.7 Å². The SMILES string of the molecule is CC#CCCC(NC)c1cnc2ccsc2c1. The van der Waals surface area contributed by atoms with Gasteiger partial charge in [-0.3, -0.25) is 4.98 Å². The topological polar surface area (TPSA) is 24.9 Å². The number of fused-ring (bicyclic) bond motifs is 1. The van der Waals surface area contributed by atoms with Gasteiger partial charge in [0.05, 0.1) is 10.2 Å². The zero-order valence-electron chi connectivity index (χ0n) is 10.2. The van der Waals surface area contributed by atoms with Crippen molar-refractivity contribution in [3.05, 3.63) is 29.3 Å². The molecule has 2 aromatic heterocycles. The van der Waals surface area contributed by atoms with Crippen molar-refractivity contribution >= 4 is 21.6 Å². The number of aromatic nitrogens is 1. The third-order valence-corrected chi connectivity index (χ3v) is 3.66. The van der Waals surface area contributed by atoms with Gasteiger partial charge in [0, 0.05) is 18.7 Å². The standard InChI is InChI=1S/C14H16N2S/c1-3-4-5-6-12(15-2)11-9-14-13(16-10-11)7-8-17-14/h7-10,12,15H,5-6H2,1-2H3. The number of hydrogen-bond donors (Lipinski definition) is 1. The Kier molecular flexibility index (Phi) is 4.13. The van der Waals surface area contributed by atoms with Crippen LogP contribution in [-0.2, 0) is 0 Å². The van der Waals surface area contributed by atoms with E-state index in [4.69, 9.17) is 0 Å². The number of thiophene rings is 1. The van der Waals surface area contributed by atoms with Crippen molar-refractivity contribution in [2.45, 2.75) is 25.8 Å². The van der Waals surface area contributed by atoms with Gasteiger partial charge >= 0.3 is 0 Å². The van der Waals surface area contributed by atoms with E-state index in [1.54, 1.807) is 11.3 Å². The Morgan fingerprint density at radius 3 is 3.18 bits per heavy atom. The summed E-state index contributed by atoms with van der Waals surface area (Å²) in [5, 5.41) is 5.41. The number of nitrogens with zero attached hydrogens (tertiary/aromatic N) is 1. The lowest BCUT2D eigenvalue weighted by molar-refractivity contribution is 0.557. The van der Waals surface area contributed by atoms with Crippen molar-refractivity contribution in [1.82, 2.24) is 10.3 Å². The van der Waals surface area contributed by atoms with E-state index in [1.165, 1.54) is 10.3 Å². The van der Waals surface area contributed by atoms with Crippen molar-refractivity contribution in [3.63, 3.8) is 0 Å². The smallest absolute Gasteiger partial charge is 0.0809 e. The van der Waals surface area contributed by atoms with Gasteiger partial charge in [-0.1, -0.05) is 0 Å². The molecule has 0 aromatic carbocycles. The average Bonchev–Trinajstić information content (AvgIpc) is 2.82. The summed E-state index contributed by atoms with van der Waals surface area (Å²) >= 11 is 1.74. The van der Waals surface area contributed by atoms with Crippen molar-refractivity contribution in [2.24, 2.45) is 0 Å². The van der Waals surface area contributed by atoms with Crippen LogP contribution >= 0.6 is 11.3 Å². The van der Waals surface area contributed by atoms with Crippen LogP contribution in [0.4, 0.5) is 0 Å². The second-order valence-corrected chi connectivity index (χ2v) is 4.83. The Bertz CT molecular complexity index is 548. The van der Waals surface area contributed by atoms with E-state index in [9.17, 15) is 0 Å². The van der Waals surface area contributed by atoms with E-state index in [0.29, 0.717) is 6.04 Å². The Morgan fingerprint density at radius 2 is 2.41 bits per heavy atom. The lowest BCUT2D eigenvalue weighted by Gasteiger charge is -2.14. The molecule has 0 saturated heterocycles. The zero-order valence-corrected chi connectivity index (χ0v) is 11.0. The number of nitrogens with one attached hydrogen (secondary N) is 1. The van der Waals surface area contributed by atoms with Gasteiger partial charge in [0.25, 0.3) is 0 Å². The Labute approximate surface area is 106 Å². The van der Waals surface area contributed by atoms with E-state index >= 15 is 0 Å². The fraction of sp³-hybridized carbons (Fsp3) is 0.357. The highest BCUT2D eigenvalue weighted by atomic mass is 32.1. The number of rotatable bonds is 4. The first-order chi connectivity index (χ1) is 8.35. The van der Waals surface area contributed by atoms with Crippen LogP contribution in [0.2, 0.25) is 0 Å². The van der Waals surface area contributed by atoms with Crippen LogP contribution in [0.1, 0.15) is 31.4 Å². The maximum atomic E-state index is 4.47. The zero-order chi connectivity index (χ0) is 12.1. The molecule has 2 aromatic rings. The van der Waals surface area contributed by atoms with Crippen LogP contribution in [0.25, 0.3) is 10.2 Å². The Balaban J connectivity index is 2.19. The van der Waals surface area contributed by atoms with Gasteiger partial charge in [-0.25, -0.2) is 0 Å². The Hall–Kier alpha value is -1.37. The predicted octanol–water partition coefficient (Wildman–Crippen LogP) is 3.36. The molecule has 0 aliphatic heterocycles. The summed E-state index contributed by atoms with van der Waals surface area (Å²) in [6.45, 7) is 1.88. The third-order valence-electron chi connectivity index (χ3n) is 2.81. The molecule has 0 saturated carbocycles. The quantitative estimate of drug-likeness (QED) is 0.834. The molecule has 1 N–H and O–H groups in total. The molecule has 1 unspecified atom stereocenters. The van der Waals surface area contributed by atoms with Gasteiger partial charge in [-0.15, -0.1) is 23.2 Å². The number of pyridine rings is 1. The maximum absolute atomic E-state index is 4.47. The van der Waals surface area contributed by atoms with Gasteiger partial charge in [0.2, 0.25) is 0 Å². The molecule has 0 bridgehead atoms. The molecule has 17 heavy (non-hydrogen) atoms. The fourth-order valence-corrected chi connectivity index (χ4v) is 2.66. The van der Waals surface area contributed by atoms with E-state index in [0.717, 1.165) is 18.4 Å². The summed E-state index contributed by atoms with van der Waals surface area (Å²) in [5.41, 5.74) is 2.34. The first-order valence-corrected chi connectivity index (χ1v) is 6.63. The van der Waals surface area contributed by atoms with Gasteiger partial charge in [0.1, 0.15) is 0 Å². The van der Waals surface area contributed by atoms with E-state index < -0.39 is 0 Å². The average molecular weight is 244 g/mol.